The Bertz CT molecular complexity index is 995. The molecule has 0 unspecified atom stereocenters. The van der Waals surface area contributed by atoms with Gasteiger partial charge in [-0.25, -0.2) is 9.59 Å². The van der Waals surface area contributed by atoms with Gasteiger partial charge in [-0.15, -0.1) is 0 Å². The van der Waals surface area contributed by atoms with E-state index in [2.05, 4.69) is 23.5 Å². The second-order valence-electron chi connectivity index (χ2n) is 10.0. The Morgan fingerprint density at radius 3 is 2.38 bits per heavy atom. The van der Waals surface area contributed by atoms with Gasteiger partial charge in [-0.05, 0) is 62.8 Å². The number of nitrogens with zero attached hydrogens (tertiary/aromatic N) is 2. The molecule has 1 N–H and O–H groups in total. The molecule has 34 heavy (non-hydrogen) atoms. The van der Waals surface area contributed by atoms with Gasteiger partial charge in [0.2, 0.25) is 0 Å². The maximum absolute atomic E-state index is 12.6. The van der Waals surface area contributed by atoms with Gasteiger partial charge in [0.25, 0.3) is 0 Å². The highest BCUT2D eigenvalue weighted by molar-refractivity contribution is 5.70. The van der Waals surface area contributed by atoms with E-state index < -0.39 is 5.60 Å². The summed E-state index contributed by atoms with van der Waals surface area (Å²) >= 11 is 0. The van der Waals surface area contributed by atoms with Gasteiger partial charge in [0, 0.05) is 31.4 Å². The van der Waals surface area contributed by atoms with Gasteiger partial charge in [-0.2, -0.15) is 0 Å². The van der Waals surface area contributed by atoms with E-state index in [-0.39, 0.29) is 18.2 Å². The summed E-state index contributed by atoms with van der Waals surface area (Å²) in [6.45, 7) is 8.47. The summed E-state index contributed by atoms with van der Waals surface area (Å²) in [4.78, 5) is 28.6. The topological polar surface area (TPSA) is 71.1 Å². The SMILES string of the molecule is CC(C)(C)OC(=O)N1CCc2cccc(NC3CCN(C(=O)OCc4ccccc4)CC3)c2C1. The van der Waals surface area contributed by atoms with Crippen molar-refractivity contribution in [1.82, 2.24) is 9.80 Å². The standard InChI is InChI=1S/C27H35N3O4/c1-27(2,3)34-26(32)30-15-12-21-10-7-11-24(23(21)18-30)28-22-13-16-29(17-14-22)25(31)33-19-20-8-5-4-6-9-20/h4-11,22,28H,12-19H2,1-3H3. The molecule has 2 aromatic carbocycles. The number of hydrogen-bond donors (Lipinski definition) is 1. The first-order valence-corrected chi connectivity index (χ1v) is 12.1. The molecule has 2 amide bonds. The van der Waals surface area contributed by atoms with Crippen LogP contribution < -0.4 is 5.32 Å². The first-order chi connectivity index (χ1) is 16.3. The van der Waals surface area contributed by atoms with Gasteiger partial charge in [0.1, 0.15) is 12.2 Å². The number of carbonyl (C=O) groups is 2. The van der Waals surface area contributed by atoms with Gasteiger partial charge >= 0.3 is 12.2 Å². The van der Waals surface area contributed by atoms with Crippen LogP contribution in [0.2, 0.25) is 0 Å². The highest BCUT2D eigenvalue weighted by Gasteiger charge is 2.28. The minimum absolute atomic E-state index is 0.257. The van der Waals surface area contributed by atoms with Crippen LogP contribution in [0.25, 0.3) is 0 Å². The highest BCUT2D eigenvalue weighted by atomic mass is 16.6. The fraction of sp³-hybridized carbons (Fsp3) is 0.481. The van der Waals surface area contributed by atoms with Gasteiger partial charge in [-0.1, -0.05) is 42.5 Å². The zero-order chi connectivity index (χ0) is 24.1. The van der Waals surface area contributed by atoms with Crippen LogP contribution in [0.4, 0.5) is 15.3 Å². The van der Waals surface area contributed by atoms with E-state index >= 15 is 0 Å². The zero-order valence-corrected chi connectivity index (χ0v) is 20.4. The number of anilines is 1. The number of amides is 2. The van der Waals surface area contributed by atoms with E-state index in [0.29, 0.717) is 32.8 Å². The average Bonchev–Trinajstić information content (AvgIpc) is 2.82. The smallest absolute Gasteiger partial charge is 0.410 e. The van der Waals surface area contributed by atoms with Crippen LogP contribution >= 0.6 is 0 Å². The number of likely N-dealkylation sites (tertiary alicyclic amines) is 1. The molecule has 7 heteroatoms. The van der Waals surface area contributed by atoms with Crippen molar-refractivity contribution in [2.75, 3.05) is 25.0 Å². The van der Waals surface area contributed by atoms with Crippen molar-refractivity contribution in [2.24, 2.45) is 0 Å². The Balaban J connectivity index is 1.31. The van der Waals surface area contributed by atoms with Crippen molar-refractivity contribution in [2.45, 2.75) is 64.8 Å². The molecular weight excluding hydrogens is 430 g/mol. The van der Waals surface area contributed by atoms with Crippen molar-refractivity contribution >= 4 is 17.9 Å². The third kappa shape index (κ3) is 6.22. The van der Waals surface area contributed by atoms with E-state index in [1.165, 1.54) is 5.56 Å². The molecule has 182 valence electrons. The summed E-state index contributed by atoms with van der Waals surface area (Å²) in [5.41, 5.74) is 3.97. The minimum Gasteiger partial charge on any atom is -0.445 e. The molecule has 0 spiro atoms. The second-order valence-corrected chi connectivity index (χ2v) is 10.0. The van der Waals surface area contributed by atoms with Gasteiger partial charge in [0.05, 0.1) is 6.54 Å². The molecule has 0 bridgehead atoms. The van der Waals surface area contributed by atoms with Crippen molar-refractivity contribution in [3.05, 3.63) is 65.2 Å². The molecule has 1 fully saturated rings. The lowest BCUT2D eigenvalue weighted by Crippen LogP contribution is -2.43. The lowest BCUT2D eigenvalue weighted by atomic mass is 9.97. The van der Waals surface area contributed by atoms with E-state index in [9.17, 15) is 9.59 Å². The maximum atomic E-state index is 12.6. The van der Waals surface area contributed by atoms with Gasteiger partial charge in [-0.3, -0.25) is 0 Å². The Morgan fingerprint density at radius 1 is 0.941 bits per heavy atom. The Morgan fingerprint density at radius 2 is 1.68 bits per heavy atom. The van der Waals surface area contributed by atoms with Crippen molar-refractivity contribution in [3.63, 3.8) is 0 Å². The fourth-order valence-electron chi connectivity index (χ4n) is 4.44. The molecule has 2 aromatic rings. The number of nitrogens with one attached hydrogen (secondary N) is 1. The van der Waals surface area contributed by atoms with Crippen LogP contribution in [0.5, 0.6) is 0 Å². The number of benzene rings is 2. The second kappa shape index (κ2) is 10.4. The number of rotatable bonds is 4. The molecule has 0 aliphatic carbocycles. The van der Waals surface area contributed by atoms with E-state index in [4.69, 9.17) is 9.47 Å². The van der Waals surface area contributed by atoms with E-state index in [0.717, 1.165) is 36.1 Å². The monoisotopic (exact) mass is 465 g/mol. The molecule has 2 heterocycles. The van der Waals surface area contributed by atoms with E-state index in [1.807, 2.05) is 51.1 Å². The molecule has 4 rings (SSSR count). The first-order valence-electron chi connectivity index (χ1n) is 12.1. The predicted octanol–water partition coefficient (Wildman–Crippen LogP) is 5.19. The highest BCUT2D eigenvalue weighted by Crippen LogP contribution is 2.29. The number of fused-ring (bicyclic) bond motifs is 1. The number of piperidine rings is 1. The van der Waals surface area contributed by atoms with Crippen LogP contribution in [0.1, 0.15) is 50.3 Å². The molecule has 1 saturated heterocycles. The van der Waals surface area contributed by atoms with Gasteiger partial charge in [0.15, 0.2) is 0 Å². The Hall–Kier alpha value is -3.22. The third-order valence-corrected chi connectivity index (χ3v) is 6.24. The molecule has 7 nitrogen and oxygen atoms in total. The molecular formula is C27H35N3O4. The average molecular weight is 466 g/mol. The van der Waals surface area contributed by atoms with Crippen molar-refractivity contribution in [1.29, 1.82) is 0 Å². The third-order valence-electron chi connectivity index (χ3n) is 6.24. The van der Waals surface area contributed by atoms with Gasteiger partial charge < -0.3 is 24.6 Å². The van der Waals surface area contributed by atoms with Crippen LogP contribution in [0, 0.1) is 0 Å². The van der Waals surface area contributed by atoms with Crippen LogP contribution in [-0.4, -0.2) is 53.3 Å². The predicted molar refractivity (Wildman–Crippen MR) is 132 cm³/mol. The first kappa shape index (κ1) is 23.9. The van der Waals surface area contributed by atoms with Crippen molar-refractivity contribution < 1.29 is 19.1 Å². The quantitative estimate of drug-likeness (QED) is 0.673. The zero-order valence-electron chi connectivity index (χ0n) is 20.4. The summed E-state index contributed by atoms with van der Waals surface area (Å²) in [7, 11) is 0. The molecule has 0 radical (unpaired) electrons. The lowest BCUT2D eigenvalue weighted by molar-refractivity contribution is 0.0224. The Labute approximate surface area is 202 Å². The summed E-state index contributed by atoms with van der Waals surface area (Å²) < 4.78 is 11.1. The molecule has 0 atom stereocenters. The Kier molecular flexibility index (Phi) is 7.29. The summed E-state index contributed by atoms with van der Waals surface area (Å²) in [5, 5.41) is 3.68. The normalized spacial score (nSPS) is 16.6. The maximum Gasteiger partial charge on any atom is 0.410 e. The number of ether oxygens (including phenoxy) is 2. The van der Waals surface area contributed by atoms with E-state index in [1.54, 1.807) is 9.80 Å². The number of hydrogen-bond acceptors (Lipinski definition) is 5. The molecule has 2 aliphatic heterocycles. The fourth-order valence-corrected chi connectivity index (χ4v) is 4.44. The van der Waals surface area contributed by atoms with Crippen molar-refractivity contribution in [3.8, 4) is 0 Å². The molecule has 0 aromatic heterocycles. The van der Waals surface area contributed by atoms with Crippen LogP contribution in [0.3, 0.4) is 0 Å². The molecule has 2 aliphatic rings. The number of carbonyl (C=O) groups excluding carboxylic acids is 2. The van der Waals surface area contributed by atoms with Crippen LogP contribution in [0.15, 0.2) is 48.5 Å². The lowest BCUT2D eigenvalue weighted by Gasteiger charge is -2.35. The summed E-state index contributed by atoms with van der Waals surface area (Å²) in [6.07, 6.45) is 1.98. The summed E-state index contributed by atoms with van der Waals surface area (Å²) in [5.74, 6) is 0. The molecule has 0 saturated carbocycles. The van der Waals surface area contributed by atoms with Crippen LogP contribution in [-0.2, 0) is 29.0 Å². The summed E-state index contributed by atoms with van der Waals surface area (Å²) in [6, 6.07) is 16.3. The largest absolute Gasteiger partial charge is 0.445 e. The minimum atomic E-state index is -0.509.